The molecule has 0 aliphatic rings. The van der Waals surface area contributed by atoms with Crippen molar-refractivity contribution in [3.63, 3.8) is 0 Å². The molecular formula is C15H14Cl2N2O2. The predicted molar refractivity (Wildman–Crippen MR) is 84.9 cm³/mol. The van der Waals surface area contributed by atoms with E-state index in [-0.39, 0.29) is 5.84 Å². The maximum absolute atomic E-state index is 8.84. The van der Waals surface area contributed by atoms with Crippen LogP contribution in [-0.4, -0.2) is 11.0 Å². The van der Waals surface area contributed by atoms with Gasteiger partial charge in [0.25, 0.3) is 0 Å². The number of nitrogens with two attached hydrogens (primary N) is 1. The number of aryl methyl sites for hydroxylation is 1. The van der Waals surface area contributed by atoms with Crippen LogP contribution in [0.25, 0.3) is 0 Å². The van der Waals surface area contributed by atoms with Crippen molar-refractivity contribution in [2.24, 2.45) is 10.9 Å². The molecule has 0 aliphatic heterocycles. The molecular weight excluding hydrogens is 311 g/mol. The molecule has 110 valence electrons. The van der Waals surface area contributed by atoms with E-state index in [0.717, 1.165) is 12.0 Å². The van der Waals surface area contributed by atoms with Gasteiger partial charge in [-0.3, -0.25) is 0 Å². The van der Waals surface area contributed by atoms with Crippen molar-refractivity contribution in [3.05, 3.63) is 57.6 Å². The third-order valence-electron chi connectivity index (χ3n) is 2.95. The summed E-state index contributed by atoms with van der Waals surface area (Å²) in [5.41, 5.74) is 7.03. The summed E-state index contributed by atoms with van der Waals surface area (Å²) in [4.78, 5) is 0. The van der Waals surface area contributed by atoms with Gasteiger partial charge in [-0.2, -0.15) is 0 Å². The van der Waals surface area contributed by atoms with Crippen molar-refractivity contribution in [1.29, 1.82) is 0 Å². The van der Waals surface area contributed by atoms with Gasteiger partial charge in [-0.1, -0.05) is 35.3 Å². The van der Waals surface area contributed by atoms with Crippen LogP contribution in [0.15, 0.2) is 41.6 Å². The first kappa shape index (κ1) is 15.5. The monoisotopic (exact) mass is 324 g/mol. The zero-order chi connectivity index (χ0) is 15.4. The number of nitrogens with zero attached hydrogens (tertiary/aromatic N) is 1. The third kappa shape index (κ3) is 3.60. The van der Waals surface area contributed by atoms with Gasteiger partial charge in [-0.15, -0.1) is 0 Å². The van der Waals surface area contributed by atoms with Crippen molar-refractivity contribution in [1.82, 2.24) is 0 Å². The van der Waals surface area contributed by atoms with E-state index in [9.17, 15) is 0 Å². The van der Waals surface area contributed by atoms with E-state index >= 15 is 0 Å². The van der Waals surface area contributed by atoms with E-state index in [1.165, 1.54) is 0 Å². The molecule has 0 radical (unpaired) electrons. The molecule has 0 unspecified atom stereocenters. The highest BCUT2D eigenvalue weighted by molar-refractivity contribution is 6.31. The highest BCUT2D eigenvalue weighted by Crippen LogP contribution is 2.30. The normalized spacial score (nSPS) is 11.5. The van der Waals surface area contributed by atoms with Crippen LogP contribution in [0, 0.1) is 0 Å². The Labute approximate surface area is 132 Å². The summed E-state index contributed by atoms with van der Waals surface area (Å²) >= 11 is 12.0. The molecule has 21 heavy (non-hydrogen) atoms. The van der Waals surface area contributed by atoms with Gasteiger partial charge in [0.05, 0.1) is 5.56 Å². The van der Waals surface area contributed by atoms with Crippen LogP contribution in [0.5, 0.6) is 11.5 Å². The first-order chi connectivity index (χ1) is 10.0. The van der Waals surface area contributed by atoms with Crippen molar-refractivity contribution in [2.75, 3.05) is 0 Å². The minimum absolute atomic E-state index is 0.0721. The number of ether oxygens (including phenoxy) is 1. The average Bonchev–Trinajstić information content (AvgIpc) is 2.50. The fourth-order valence-electron chi connectivity index (χ4n) is 1.86. The van der Waals surface area contributed by atoms with Crippen molar-refractivity contribution in [3.8, 4) is 11.5 Å². The molecule has 0 aromatic heterocycles. The Kier molecular flexibility index (Phi) is 4.94. The molecule has 4 nitrogen and oxygen atoms in total. The van der Waals surface area contributed by atoms with Gasteiger partial charge in [0.2, 0.25) is 0 Å². The summed E-state index contributed by atoms with van der Waals surface area (Å²) in [6.07, 6.45) is 0.795. The minimum atomic E-state index is -0.0721. The van der Waals surface area contributed by atoms with E-state index in [2.05, 4.69) is 5.16 Å². The first-order valence-electron chi connectivity index (χ1n) is 6.29. The second kappa shape index (κ2) is 6.70. The SMILES string of the molecule is CCc1cc(Oc2ccc(Cl)cc2C(N)=NO)ccc1Cl. The molecule has 0 amide bonds. The van der Waals surface area contributed by atoms with Gasteiger partial charge in [0.15, 0.2) is 5.84 Å². The summed E-state index contributed by atoms with van der Waals surface area (Å²) in [5, 5.41) is 13.0. The summed E-state index contributed by atoms with van der Waals surface area (Å²) in [6.45, 7) is 2.01. The molecule has 6 heteroatoms. The Morgan fingerprint density at radius 2 is 2.00 bits per heavy atom. The van der Waals surface area contributed by atoms with Crippen LogP contribution in [0.4, 0.5) is 0 Å². The highest BCUT2D eigenvalue weighted by Gasteiger charge is 2.11. The molecule has 0 fully saturated rings. The Hall–Kier alpha value is -1.91. The summed E-state index contributed by atoms with van der Waals surface area (Å²) in [6, 6.07) is 10.3. The lowest BCUT2D eigenvalue weighted by molar-refractivity contribution is 0.318. The second-order valence-electron chi connectivity index (χ2n) is 4.33. The van der Waals surface area contributed by atoms with Gasteiger partial charge < -0.3 is 15.7 Å². The molecule has 2 rings (SSSR count). The average molecular weight is 325 g/mol. The summed E-state index contributed by atoms with van der Waals surface area (Å²) < 4.78 is 5.80. The van der Waals surface area contributed by atoms with Crippen LogP contribution in [0.3, 0.4) is 0 Å². The lowest BCUT2D eigenvalue weighted by Crippen LogP contribution is -2.14. The van der Waals surface area contributed by atoms with Crippen LogP contribution >= 0.6 is 23.2 Å². The minimum Gasteiger partial charge on any atom is -0.457 e. The van der Waals surface area contributed by atoms with E-state index < -0.39 is 0 Å². The maximum Gasteiger partial charge on any atom is 0.173 e. The lowest BCUT2D eigenvalue weighted by Gasteiger charge is -2.12. The van der Waals surface area contributed by atoms with Crippen molar-refractivity contribution >= 4 is 29.0 Å². The molecule has 0 atom stereocenters. The molecule has 0 aliphatic carbocycles. The standard InChI is InChI=1S/C15H14Cl2N2O2/c1-2-9-7-11(4-5-13(9)17)21-14-6-3-10(16)8-12(14)15(18)19-20/h3-8,20H,2H2,1H3,(H2,18,19). The number of oxime groups is 1. The molecule has 0 saturated heterocycles. The molecule has 0 bridgehead atoms. The predicted octanol–water partition coefficient (Wildman–Crippen LogP) is 4.44. The van der Waals surface area contributed by atoms with Gasteiger partial charge in [-0.25, -0.2) is 0 Å². The first-order valence-corrected chi connectivity index (χ1v) is 7.04. The fourth-order valence-corrected chi connectivity index (χ4v) is 2.28. The van der Waals surface area contributed by atoms with Crippen molar-refractivity contribution in [2.45, 2.75) is 13.3 Å². The highest BCUT2D eigenvalue weighted by atomic mass is 35.5. The van der Waals surface area contributed by atoms with E-state index in [4.69, 9.17) is 38.9 Å². The van der Waals surface area contributed by atoms with E-state index in [1.54, 1.807) is 30.3 Å². The molecule has 0 saturated carbocycles. The number of rotatable bonds is 4. The molecule has 0 heterocycles. The van der Waals surface area contributed by atoms with Gasteiger partial charge >= 0.3 is 0 Å². The molecule has 2 aromatic carbocycles. The van der Waals surface area contributed by atoms with Gasteiger partial charge in [0.1, 0.15) is 11.5 Å². The number of benzene rings is 2. The molecule has 0 spiro atoms. The fraction of sp³-hybridized carbons (Fsp3) is 0.133. The van der Waals surface area contributed by atoms with Gasteiger partial charge in [-0.05, 0) is 48.4 Å². The smallest absolute Gasteiger partial charge is 0.173 e. The summed E-state index contributed by atoms with van der Waals surface area (Å²) in [5.74, 6) is 0.988. The zero-order valence-electron chi connectivity index (χ0n) is 11.3. The van der Waals surface area contributed by atoms with Crippen LogP contribution in [0.2, 0.25) is 10.0 Å². The van der Waals surface area contributed by atoms with E-state index in [1.807, 2.05) is 13.0 Å². The van der Waals surface area contributed by atoms with Gasteiger partial charge in [0, 0.05) is 10.0 Å². The van der Waals surface area contributed by atoms with Crippen LogP contribution < -0.4 is 10.5 Å². The topological polar surface area (TPSA) is 67.8 Å². The maximum atomic E-state index is 8.84. The number of hydrogen-bond acceptors (Lipinski definition) is 3. The third-order valence-corrected chi connectivity index (χ3v) is 3.56. The largest absolute Gasteiger partial charge is 0.457 e. The summed E-state index contributed by atoms with van der Waals surface area (Å²) in [7, 11) is 0. The molecule has 3 N–H and O–H groups in total. The number of amidine groups is 1. The quantitative estimate of drug-likeness (QED) is 0.378. The van der Waals surface area contributed by atoms with Crippen LogP contribution in [0.1, 0.15) is 18.1 Å². The Morgan fingerprint density at radius 3 is 2.67 bits per heavy atom. The van der Waals surface area contributed by atoms with Crippen LogP contribution in [-0.2, 0) is 6.42 Å². The van der Waals surface area contributed by atoms with E-state index in [0.29, 0.717) is 27.1 Å². The second-order valence-corrected chi connectivity index (χ2v) is 5.18. The lowest BCUT2D eigenvalue weighted by atomic mass is 10.1. The Bertz CT molecular complexity index is 687. The number of hydrogen-bond donors (Lipinski definition) is 2. The Balaban J connectivity index is 2.40. The Morgan fingerprint density at radius 1 is 1.24 bits per heavy atom. The number of halogens is 2. The van der Waals surface area contributed by atoms with Crippen molar-refractivity contribution < 1.29 is 9.94 Å². The zero-order valence-corrected chi connectivity index (χ0v) is 12.8. The molecule has 2 aromatic rings.